The molecule has 1 atom stereocenters. The van der Waals surface area contributed by atoms with E-state index in [1.54, 1.807) is 6.92 Å². The number of hydrogen-bond acceptors (Lipinski definition) is 1. The highest BCUT2D eigenvalue weighted by Crippen LogP contribution is 2.14. The van der Waals surface area contributed by atoms with Crippen LogP contribution >= 0.6 is 0 Å². The van der Waals surface area contributed by atoms with Crippen LogP contribution in [-0.2, 0) is 11.2 Å². The second-order valence-corrected chi connectivity index (χ2v) is 3.91. The molecule has 1 nitrogen and oxygen atoms in total. The van der Waals surface area contributed by atoms with E-state index in [2.05, 4.69) is 38.1 Å². The van der Waals surface area contributed by atoms with Gasteiger partial charge >= 0.3 is 0 Å². The summed E-state index contributed by atoms with van der Waals surface area (Å²) in [6.45, 7) is 5.84. The largest absolute Gasteiger partial charge is 0.300 e. The van der Waals surface area contributed by atoms with E-state index in [-0.39, 0.29) is 5.92 Å². The molecule has 0 saturated carbocycles. The van der Waals surface area contributed by atoms with Crippen LogP contribution in [0.2, 0.25) is 0 Å². The second-order valence-electron chi connectivity index (χ2n) is 3.91. The number of ketones is 1. The normalized spacial score (nSPS) is 12.5. The quantitative estimate of drug-likeness (QED) is 0.712. The molecule has 0 spiro atoms. The standard InChI is InChI=1S/C13H18O/c1-4-13(11(3)14)9-12-7-5-6-10(2)8-12/h5-8,13H,4,9H2,1-3H3. The maximum atomic E-state index is 11.3. The number of benzene rings is 1. The average molecular weight is 190 g/mol. The van der Waals surface area contributed by atoms with Gasteiger partial charge in [-0.3, -0.25) is 4.79 Å². The molecule has 1 heteroatoms. The Morgan fingerprint density at radius 3 is 2.64 bits per heavy atom. The van der Waals surface area contributed by atoms with Crippen molar-refractivity contribution in [2.75, 3.05) is 0 Å². The summed E-state index contributed by atoms with van der Waals surface area (Å²) in [5, 5.41) is 0. The zero-order valence-corrected chi connectivity index (χ0v) is 9.21. The van der Waals surface area contributed by atoms with Gasteiger partial charge in [-0.2, -0.15) is 0 Å². The molecule has 0 heterocycles. The number of rotatable bonds is 4. The second kappa shape index (κ2) is 4.94. The number of carbonyl (C=O) groups is 1. The minimum absolute atomic E-state index is 0.191. The molecule has 0 aliphatic heterocycles. The van der Waals surface area contributed by atoms with Crippen LogP contribution in [0.5, 0.6) is 0 Å². The van der Waals surface area contributed by atoms with Gasteiger partial charge in [-0.05, 0) is 32.3 Å². The third-order valence-corrected chi connectivity index (χ3v) is 2.63. The predicted octanol–water partition coefficient (Wildman–Crippen LogP) is 3.15. The smallest absolute Gasteiger partial charge is 0.133 e. The van der Waals surface area contributed by atoms with E-state index in [0.29, 0.717) is 5.78 Å². The fraction of sp³-hybridized carbons (Fsp3) is 0.462. The summed E-state index contributed by atoms with van der Waals surface area (Å²) >= 11 is 0. The molecule has 0 bridgehead atoms. The molecule has 0 aromatic heterocycles. The van der Waals surface area contributed by atoms with Crippen LogP contribution in [0.3, 0.4) is 0 Å². The Hall–Kier alpha value is -1.11. The third-order valence-electron chi connectivity index (χ3n) is 2.63. The van der Waals surface area contributed by atoms with E-state index < -0.39 is 0 Å². The van der Waals surface area contributed by atoms with E-state index >= 15 is 0 Å². The number of aryl methyl sites for hydroxylation is 1. The van der Waals surface area contributed by atoms with Crippen LogP contribution in [0.15, 0.2) is 24.3 Å². The van der Waals surface area contributed by atoms with Gasteiger partial charge < -0.3 is 0 Å². The molecule has 76 valence electrons. The van der Waals surface area contributed by atoms with Gasteiger partial charge in [0.25, 0.3) is 0 Å². The lowest BCUT2D eigenvalue weighted by Gasteiger charge is -2.11. The first-order valence-corrected chi connectivity index (χ1v) is 5.19. The monoisotopic (exact) mass is 190 g/mol. The first kappa shape index (κ1) is 11.0. The van der Waals surface area contributed by atoms with Crippen molar-refractivity contribution in [3.63, 3.8) is 0 Å². The van der Waals surface area contributed by atoms with Gasteiger partial charge in [0.05, 0.1) is 0 Å². The van der Waals surface area contributed by atoms with E-state index in [1.807, 2.05) is 0 Å². The Morgan fingerprint density at radius 2 is 2.14 bits per heavy atom. The number of hydrogen-bond donors (Lipinski definition) is 0. The lowest BCUT2D eigenvalue weighted by atomic mass is 9.93. The van der Waals surface area contributed by atoms with Crippen LogP contribution in [0, 0.1) is 12.8 Å². The zero-order chi connectivity index (χ0) is 10.6. The van der Waals surface area contributed by atoms with Crippen molar-refractivity contribution >= 4 is 5.78 Å². The van der Waals surface area contributed by atoms with Crippen molar-refractivity contribution in [2.24, 2.45) is 5.92 Å². The molecule has 0 radical (unpaired) electrons. The minimum Gasteiger partial charge on any atom is -0.300 e. The van der Waals surface area contributed by atoms with Gasteiger partial charge in [-0.1, -0.05) is 36.8 Å². The maximum Gasteiger partial charge on any atom is 0.133 e. The molecular formula is C13H18O. The Morgan fingerprint density at radius 1 is 1.43 bits per heavy atom. The lowest BCUT2D eigenvalue weighted by molar-refractivity contribution is -0.120. The molecule has 1 aromatic carbocycles. The van der Waals surface area contributed by atoms with Crippen LogP contribution in [-0.4, -0.2) is 5.78 Å². The fourth-order valence-corrected chi connectivity index (χ4v) is 1.70. The van der Waals surface area contributed by atoms with Gasteiger partial charge in [0.2, 0.25) is 0 Å². The summed E-state index contributed by atoms with van der Waals surface area (Å²) in [5.41, 5.74) is 2.54. The van der Waals surface area contributed by atoms with Crippen molar-refractivity contribution in [2.45, 2.75) is 33.6 Å². The van der Waals surface area contributed by atoms with E-state index in [1.165, 1.54) is 11.1 Å². The maximum absolute atomic E-state index is 11.3. The average Bonchev–Trinajstić information content (AvgIpc) is 2.14. The first-order chi connectivity index (χ1) is 6.63. The molecule has 1 aromatic rings. The summed E-state index contributed by atoms with van der Waals surface area (Å²) in [4.78, 5) is 11.3. The Labute approximate surface area is 86.1 Å². The molecule has 0 aliphatic carbocycles. The molecule has 14 heavy (non-hydrogen) atoms. The Bertz CT molecular complexity index is 315. The zero-order valence-electron chi connectivity index (χ0n) is 9.21. The minimum atomic E-state index is 0.191. The van der Waals surface area contributed by atoms with Crippen molar-refractivity contribution < 1.29 is 4.79 Å². The van der Waals surface area contributed by atoms with Crippen LogP contribution in [0.4, 0.5) is 0 Å². The summed E-state index contributed by atoms with van der Waals surface area (Å²) in [6, 6.07) is 8.39. The van der Waals surface area contributed by atoms with Gasteiger partial charge in [-0.15, -0.1) is 0 Å². The summed E-state index contributed by atoms with van der Waals surface area (Å²) < 4.78 is 0. The molecule has 1 rings (SSSR count). The van der Waals surface area contributed by atoms with Crippen molar-refractivity contribution in [3.05, 3.63) is 35.4 Å². The summed E-state index contributed by atoms with van der Waals surface area (Å²) in [6.07, 6.45) is 1.82. The van der Waals surface area contributed by atoms with Crippen molar-refractivity contribution in [1.29, 1.82) is 0 Å². The number of Topliss-reactive ketones (excluding diaryl/α,β-unsaturated/α-hetero) is 1. The van der Waals surface area contributed by atoms with E-state index in [0.717, 1.165) is 12.8 Å². The summed E-state index contributed by atoms with van der Waals surface area (Å²) in [5.74, 6) is 0.491. The van der Waals surface area contributed by atoms with Crippen LogP contribution in [0.1, 0.15) is 31.4 Å². The molecule has 0 fully saturated rings. The van der Waals surface area contributed by atoms with E-state index in [9.17, 15) is 4.79 Å². The highest BCUT2D eigenvalue weighted by Gasteiger charge is 2.11. The highest BCUT2D eigenvalue weighted by atomic mass is 16.1. The Balaban J connectivity index is 2.72. The lowest BCUT2D eigenvalue weighted by Crippen LogP contribution is -2.12. The van der Waals surface area contributed by atoms with Gasteiger partial charge in [0.15, 0.2) is 0 Å². The Kier molecular flexibility index (Phi) is 3.87. The van der Waals surface area contributed by atoms with E-state index in [4.69, 9.17) is 0 Å². The van der Waals surface area contributed by atoms with Gasteiger partial charge in [0.1, 0.15) is 5.78 Å². The molecule has 0 aliphatic rings. The predicted molar refractivity (Wildman–Crippen MR) is 59.3 cm³/mol. The summed E-state index contributed by atoms with van der Waals surface area (Å²) in [7, 11) is 0. The molecular weight excluding hydrogens is 172 g/mol. The number of carbonyl (C=O) groups excluding carboxylic acids is 1. The molecule has 0 saturated heterocycles. The topological polar surface area (TPSA) is 17.1 Å². The molecule has 0 amide bonds. The van der Waals surface area contributed by atoms with Crippen LogP contribution in [0.25, 0.3) is 0 Å². The van der Waals surface area contributed by atoms with Crippen LogP contribution < -0.4 is 0 Å². The van der Waals surface area contributed by atoms with Crippen molar-refractivity contribution in [3.8, 4) is 0 Å². The van der Waals surface area contributed by atoms with Gasteiger partial charge in [-0.25, -0.2) is 0 Å². The fourth-order valence-electron chi connectivity index (χ4n) is 1.70. The highest BCUT2D eigenvalue weighted by molar-refractivity contribution is 5.78. The molecule has 0 N–H and O–H groups in total. The third kappa shape index (κ3) is 2.99. The SMILES string of the molecule is CCC(Cc1cccc(C)c1)C(C)=O. The van der Waals surface area contributed by atoms with Gasteiger partial charge in [0, 0.05) is 5.92 Å². The molecule has 1 unspecified atom stereocenters. The van der Waals surface area contributed by atoms with Crippen molar-refractivity contribution in [1.82, 2.24) is 0 Å². The first-order valence-electron chi connectivity index (χ1n) is 5.19.